The maximum absolute atomic E-state index is 13.3. The molecule has 0 aliphatic carbocycles. The number of hydrogen-bond donors (Lipinski definition) is 0. The first-order valence-electron chi connectivity index (χ1n) is 10.8. The van der Waals surface area contributed by atoms with Crippen LogP contribution in [0.2, 0.25) is 0 Å². The van der Waals surface area contributed by atoms with Crippen molar-refractivity contribution in [3.8, 4) is 5.75 Å². The van der Waals surface area contributed by atoms with Gasteiger partial charge in [0.25, 0.3) is 15.9 Å². The molecule has 0 aliphatic heterocycles. The number of benzene rings is 3. The molecule has 6 nitrogen and oxygen atoms in total. The summed E-state index contributed by atoms with van der Waals surface area (Å²) in [6.07, 6.45) is 0. The number of hydrogen-bond acceptors (Lipinski definition) is 5. The van der Waals surface area contributed by atoms with E-state index in [9.17, 15) is 13.2 Å². The fourth-order valence-corrected chi connectivity index (χ4v) is 6.21. The molecule has 0 aliphatic rings. The van der Waals surface area contributed by atoms with Gasteiger partial charge in [-0.1, -0.05) is 23.8 Å². The van der Waals surface area contributed by atoms with Crippen LogP contribution in [0.5, 0.6) is 5.75 Å². The summed E-state index contributed by atoms with van der Waals surface area (Å²) in [5.41, 5.74) is 2.29. The Kier molecular flexibility index (Phi) is 6.63. The molecule has 0 saturated heterocycles. The smallest absolute Gasteiger partial charge is 0.268 e. The predicted molar refractivity (Wildman–Crippen MR) is 139 cm³/mol. The molecule has 0 fully saturated rings. The Bertz CT molecular complexity index is 1440. The van der Waals surface area contributed by atoms with Crippen molar-refractivity contribution in [2.75, 3.05) is 29.9 Å². The van der Waals surface area contributed by atoms with Gasteiger partial charge in [-0.05, 0) is 67.8 Å². The molecule has 4 rings (SSSR count). The quantitative estimate of drug-likeness (QED) is 0.330. The van der Waals surface area contributed by atoms with Gasteiger partial charge in [-0.3, -0.25) is 9.10 Å². The summed E-state index contributed by atoms with van der Waals surface area (Å²) in [6.45, 7) is 4.01. The van der Waals surface area contributed by atoms with E-state index in [0.29, 0.717) is 16.3 Å². The van der Waals surface area contributed by atoms with Crippen LogP contribution in [0.4, 0.5) is 11.4 Å². The number of thiophene rings is 1. The number of methoxy groups -OCH3 is 1. The van der Waals surface area contributed by atoms with Crippen molar-refractivity contribution >= 4 is 48.7 Å². The van der Waals surface area contributed by atoms with Crippen LogP contribution in [0.1, 0.15) is 22.2 Å². The van der Waals surface area contributed by atoms with Gasteiger partial charge in [0.1, 0.15) is 5.75 Å². The molecule has 0 atom stereocenters. The van der Waals surface area contributed by atoms with E-state index < -0.39 is 10.0 Å². The van der Waals surface area contributed by atoms with E-state index in [0.717, 1.165) is 21.3 Å². The average Bonchev–Trinajstić information content (AvgIpc) is 3.27. The zero-order chi connectivity index (χ0) is 24.5. The van der Waals surface area contributed by atoms with Crippen molar-refractivity contribution in [3.05, 3.63) is 83.2 Å². The largest absolute Gasteiger partial charge is 0.497 e. The zero-order valence-corrected chi connectivity index (χ0v) is 21.1. The third kappa shape index (κ3) is 4.51. The fraction of sp³-hybridized carbons (Fsp3) is 0.192. The maximum atomic E-state index is 13.3. The lowest BCUT2D eigenvalue weighted by atomic mass is 10.2. The number of rotatable bonds is 7. The summed E-state index contributed by atoms with van der Waals surface area (Å²) >= 11 is 1.38. The zero-order valence-electron chi connectivity index (χ0n) is 19.5. The molecule has 0 N–H and O–H groups in total. The topological polar surface area (TPSA) is 66.9 Å². The lowest BCUT2D eigenvalue weighted by molar-refractivity contribution is 0.0997. The minimum absolute atomic E-state index is 0.143. The third-order valence-corrected chi connectivity index (χ3v) is 8.66. The lowest BCUT2D eigenvalue weighted by Crippen LogP contribution is -2.30. The molecule has 0 spiro atoms. The number of aryl methyl sites for hydroxylation is 1. The Morgan fingerprint density at radius 1 is 0.971 bits per heavy atom. The van der Waals surface area contributed by atoms with Gasteiger partial charge in [0.05, 0.1) is 22.6 Å². The van der Waals surface area contributed by atoms with Crippen LogP contribution in [0.25, 0.3) is 10.1 Å². The van der Waals surface area contributed by atoms with Gasteiger partial charge in [0, 0.05) is 30.0 Å². The number of anilines is 2. The second-order valence-electron chi connectivity index (χ2n) is 7.88. The number of nitrogens with zero attached hydrogens (tertiary/aromatic N) is 2. The molecular formula is C26H26N2O4S2. The minimum atomic E-state index is -3.71. The molecule has 1 amide bonds. The van der Waals surface area contributed by atoms with E-state index in [1.54, 1.807) is 55.5 Å². The highest BCUT2D eigenvalue weighted by Crippen LogP contribution is 2.33. The monoisotopic (exact) mass is 494 g/mol. The maximum Gasteiger partial charge on any atom is 0.268 e. The molecule has 0 bridgehead atoms. The van der Waals surface area contributed by atoms with E-state index in [1.807, 2.05) is 50.2 Å². The molecular weight excluding hydrogens is 468 g/mol. The van der Waals surface area contributed by atoms with Crippen molar-refractivity contribution in [1.82, 2.24) is 0 Å². The van der Waals surface area contributed by atoms with Gasteiger partial charge in [-0.2, -0.15) is 0 Å². The summed E-state index contributed by atoms with van der Waals surface area (Å²) in [5, 5.41) is 0.822. The minimum Gasteiger partial charge on any atom is -0.497 e. The average molecular weight is 495 g/mol. The molecule has 1 heterocycles. The lowest BCUT2D eigenvalue weighted by Gasteiger charge is -2.23. The summed E-state index contributed by atoms with van der Waals surface area (Å²) in [6, 6.07) is 21.4. The van der Waals surface area contributed by atoms with E-state index >= 15 is 0 Å². The van der Waals surface area contributed by atoms with Crippen LogP contribution in [-0.4, -0.2) is 35.0 Å². The highest BCUT2D eigenvalue weighted by atomic mass is 32.2. The SMILES string of the molecule is CCN(c1ccc2sc(C(=O)N(C)c3cccc(OC)c3)cc2c1)S(=O)(=O)c1ccc(C)cc1. The van der Waals surface area contributed by atoms with Crippen LogP contribution >= 0.6 is 11.3 Å². The van der Waals surface area contributed by atoms with E-state index in [4.69, 9.17) is 4.74 Å². The summed E-state index contributed by atoms with van der Waals surface area (Å²) in [7, 11) is -0.397. The second kappa shape index (κ2) is 9.48. The Labute approximate surface area is 204 Å². The third-order valence-electron chi connectivity index (χ3n) is 5.64. The van der Waals surface area contributed by atoms with Crippen LogP contribution in [-0.2, 0) is 10.0 Å². The Morgan fingerprint density at radius 3 is 2.38 bits per heavy atom. The Hall–Kier alpha value is -3.36. The van der Waals surface area contributed by atoms with E-state index in [1.165, 1.54) is 15.6 Å². The van der Waals surface area contributed by atoms with Crippen LogP contribution in [0.3, 0.4) is 0 Å². The van der Waals surface area contributed by atoms with Crippen LogP contribution in [0, 0.1) is 6.92 Å². The first-order valence-corrected chi connectivity index (χ1v) is 13.1. The van der Waals surface area contributed by atoms with E-state index in [-0.39, 0.29) is 17.3 Å². The fourth-order valence-electron chi connectivity index (χ4n) is 3.72. The molecule has 1 aromatic heterocycles. The number of amides is 1. The molecule has 0 unspecified atom stereocenters. The predicted octanol–water partition coefficient (Wildman–Crippen LogP) is 5.71. The van der Waals surface area contributed by atoms with Crippen molar-refractivity contribution in [1.29, 1.82) is 0 Å². The first-order chi connectivity index (χ1) is 16.2. The summed E-state index contributed by atoms with van der Waals surface area (Å²) < 4.78 is 34.1. The van der Waals surface area contributed by atoms with Crippen LogP contribution in [0.15, 0.2) is 77.7 Å². The summed E-state index contributed by atoms with van der Waals surface area (Å²) in [4.78, 5) is 15.6. The van der Waals surface area contributed by atoms with Crippen molar-refractivity contribution < 1.29 is 17.9 Å². The standard InChI is InChI=1S/C26H26N2O4S2/c1-5-28(34(30,31)23-12-9-18(2)10-13-23)21-11-14-24-19(15-21)16-25(33-24)26(29)27(3)20-7-6-8-22(17-20)32-4/h6-17H,5H2,1-4H3. The summed E-state index contributed by atoms with van der Waals surface area (Å²) in [5.74, 6) is 0.531. The van der Waals surface area contributed by atoms with E-state index in [2.05, 4.69) is 0 Å². The van der Waals surface area contributed by atoms with Gasteiger partial charge >= 0.3 is 0 Å². The molecule has 8 heteroatoms. The molecule has 176 valence electrons. The highest BCUT2D eigenvalue weighted by Gasteiger charge is 2.24. The van der Waals surface area contributed by atoms with Crippen molar-refractivity contribution in [2.24, 2.45) is 0 Å². The normalized spacial score (nSPS) is 11.4. The van der Waals surface area contributed by atoms with Crippen LogP contribution < -0.4 is 13.9 Å². The number of carbonyl (C=O) groups excluding carboxylic acids is 1. The Balaban J connectivity index is 1.66. The van der Waals surface area contributed by atoms with Gasteiger partial charge in [-0.15, -0.1) is 11.3 Å². The van der Waals surface area contributed by atoms with Gasteiger partial charge < -0.3 is 9.64 Å². The molecule has 3 aromatic carbocycles. The molecule has 34 heavy (non-hydrogen) atoms. The number of carbonyl (C=O) groups is 1. The van der Waals surface area contributed by atoms with Crippen molar-refractivity contribution in [2.45, 2.75) is 18.7 Å². The second-order valence-corrected chi connectivity index (χ2v) is 10.8. The molecule has 0 radical (unpaired) electrons. The molecule has 0 saturated carbocycles. The van der Waals surface area contributed by atoms with Crippen molar-refractivity contribution in [3.63, 3.8) is 0 Å². The van der Waals surface area contributed by atoms with Gasteiger partial charge in [-0.25, -0.2) is 8.42 Å². The highest BCUT2D eigenvalue weighted by molar-refractivity contribution is 7.92. The number of ether oxygens (including phenoxy) is 1. The number of sulfonamides is 1. The van der Waals surface area contributed by atoms with Gasteiger partial charge in [0.15, 0.2) is 0 Å². The molecule has 4 aromatic rings. The van der Waals surface area contributed by atoms with Gasteiger partial charge in [0.2, 0.25) is 0 Å². The Morgan fingerprint density at radius 2 is 1.71 bits per heavy atom. The first kappa shape index (κ1) is 23.8. The number of fused-ring (bicyclic) bond motifs is 1.